The van der Waals surface area contributed by atoms with Gasteiger partial charge in [0.2, 0.25) is 0 Å². The standard InChI is InChI=1S/C28H34N2O5/c1-28(2)17-24(31)21-6-7-25(34-3)22(26(21)35-28)11-14-29-12-9-20(10-13-29)30-15-8-18-4-5-19(27(32)33)16-23(18)30/h4-6,8,15-16,20,25H,7,9-14,17H2,1-3H3,(H,32,33). The lowest BCUT2D eigenvalue weighted by Crippen LogP contribution is -2.39. The van der Waals surface area contributed by atoms with E-state index in [1.807, 2.05) is 26.0 Å². The Bertz CT molecular complexity index is 1210. The lowest BCUT2D eigenvalue weighted by atomic mass is 9.84. The quantitative estimate of drug-likeness (QED) is 0.646. The van der Waals surface area contributed by atoms with Crippen molar-refractivity contribution in [2.24, 2.45) is 0 Å². The average Bonchev–Trinajstić information content (AvgIpc) is 3.25. The molecule has 2 saturated heterocycles. The maximum atomic E-state index is 12.7. The zero-order chi connectivity index (χ0) is 24.7. The number of likely N-dealkylation sites (tertiary alicyclic amines) is 1. The summed E-state index contributed by atoms with van der Waals surface area (Å²) in [5.74, 6) is 0.00774. The highest BCUT2D eigenvalue weighted by molar-refractivity contribution is 6.01. The van der Waals surface area contributed by atoms with Crippen LogP contribution in [0.2, 0.25) is 0 Å². The molecule has 1 aromatic heterocycles. The van der Waals surface area contributed by atoms with Gasteiger partial charge < -0.3 is 24.0 Å². The summed E-state index contributed by atoms with van der Waals surface area (Å²) in [6.45, 7) is 6.77. The Labute approximate surface area is 206 Å². The topological polar surface area (TPSA) is 81.0 Å². The van der Waals surface area contributed by atoms with Crippen molar-refractivity contribution in [1.82, 2.24) is 9.47 Å². The van der Waals surface area contributed by atoms with Crippen LogP contribution in [0.5, 0.6) is 0 Å². The number of aromatic nitrogens is 1. The number of carboxylic acid groups (broad SMARTS) is 1. The zero-order valence-electron chi connectivity index (χ0n) is 20.8. The number of ether oxygens (including phenoxy) is 2. The van der Waals surface area contributed by atoms with Gasteiger partial charge in [-0.1, -0.05) is 12.1 Å². The van der Waals surface area contributed by atoms with E-state index < -0.39 is 11.6 Å². The van der Waals surface area contributed by atoms with Gasteiger partial charge in [-0.15, -0.1) is 0 Å². The van der Waals surface area contributed by atoms with Crippen LogP contribution < -0.4 is 0 Å². The van der Waals surface area contributed by atoms with E-state index in [1.165, 1.54) is 0 Å². The van der Waals surface area contributed by atoms with Gasteiger partial charge in [-0.25, -0.2) is 4.79 Å². The summed E-state index contributed by atoms with van der Waals surface area (Å²) >= 11 is 0. The lowest BCUT2D eigenvalue weighted by molar-refractivity contribution is -0.124. The molecule has 1 N–H and O–H groups in total. The van der Waals surface area contributed by atoms with E-state index in [4.69, 9.17) is 9.47 Å². The minimum Gasteiger partial charge on any atom is -0.487 e. The molecule has 2 fully saturated rings. The van der Waals surface area contributed by atoms with Crippen molar-refractivity contribution < 1.29 is 24.2 Å². The molecule has 3 aliphatic rings. The second kappa shape index (κ2) is 9.28. The first-order valence-corrected chi connectivity index (χ1v) is 12.5. The first-order valence-electron chi connectivity index (χ1n) is 12.5. The largest absolute Gasteiger partial charge is 0.487 e. The molecule has 2 aromatic rings. The van der Waals surface area contributed by atoms with Crippen molar-refractivity contribution in [1.29, 1.82) is 0 Å². The van der Waals surface area contributed by atoms with Crippen LogP contribution in [0.3, 0.4) is 0 Å². The van der Waals surface area contributed by atoms with Gasteiger partial charge in [0.05, 0.1) is 23.7 Å². The molecule has 3 heterocycles. The SMILES string of the molecule is COC1CC=C2C(=O)CC(C)(C)OC2=C1CCN1CCC(n2ccc3ccc(C(=O)O)cc32)CC1. The molecule has 0 spiro atoms. The Hall–Kier alpha value is -2.90. The van der Waals surface area contributed by atoms with Crippen molar-refractivity contribution in [2.45, 2.75) is 63.7 Å². The maximum Gasteiger partial charge on any atom is 0.335 e. The van der Waals surface area contributed by atoms with Gasteiger partial charge in [-0.05, 0) is 63.1 Å². The number of rotatable bonds is 6. The van der Waals surface area contributed by atoms with Crippen molar-refractivity contribution >= 4 is 22.7 Å². The molecule has 0 bridgehead atoms. The molecule has 0 saturated carbocycles. The molecule has 5 rings (SSSR count). The Balaban J connectivity index is 1.27. The summed E-state index contributed by atoms with van der Waals surface area (Å²) in [7, 11) is 1.72. The Kier molecular flexibility index (Phi) is 6.32. The third-order valence-electron chi connectivity index (χ3n) is 7.63. The molecular formula is C28H34N2O5. The van der Waals surface area contributed by atoms with Crippen molar-refractivity contribution in [3.05, 3.63) is 59.0 Å². The first-order chi connectivity index (χ1) is 16.8. The smallest absolute Gasteiger partial charge is 0.335 e. The number of carbonyl (C=O) groups is 2. The third kappa shape index (κ3) is 4.67. The minimum atomic E-state index is -0.896. The van der Waals surface area contributed by atoms with Crippen LogP contribution in [-0.4, -0.2) is 64.8 Å². The molecule has 7 nitrogen and oxygen atoms in total. The summed E-state index contributed by atoms with van der Waals surface area (Å²) in [5.41, 5.74) is 2.65. The molecule has 1 aliphatic carbocycles. The van der Waals surface area contributed by atoms with Crippen LogP contribution in [0, 0.1) is 0 Å². The number of benzene rings is 1. The highest BCUT2D eigenvalue weighted by atomic mass is 16.5. The number of hydrogen-bond acceptors (Lipinski definition) is 5. The Morgan fingerprint density at radius 3 is 2.71 bits per heavy atom. The zero-order valence-corrected chi connectivity index (χ0v) is 20.8. The normalized spacial score (nSPS) is 23.2. The van der Waals surface area contributed by atoms with Crippen molar-refractivity contribution in [3.63, 3.8) is 0 Å². The van der Waals surface area contributed by atoms with Gasteiger partial charge >= 0.3 is 5.97 Å². The van der Waals surface area contributed by atoms with Gasteiger partial charge in [0.25, 0.3) is 0 Å². The van der Waals surface area contributed by atoms with Crippen LogP contribution in [0.15, 0.2) is 53.4 Å². The highest BCUT2D eigenvalue weighted by Gasteiger charge is 2.39. The van der Waals surface area contributed by atoms with Gasteiger partial charge in [0.15, 0.2) is 5.78 Å². The van der Waals surface area contributed by atoms with Gasteiger partial charge in [-0.2, -0.15) is 0 Å². The highest BCUT2D eigenvalue weighted by Crippen LogP contribution is 2.39. The van der Waals surface area contributed by atoms with Crippen molar-refractivity contribution in [2.75, 3.05) is 26.7 Å². The number of fused-ring (bicyclic) bond motifs is 2. The van der Waals surface area contributed by atoms with Crippen LogP contribution in [0.1, 0.15) is 62.4 Å². The second-order valence-electron chi connectivity index (χ2n) is 10.5. The molecule has 1 unspecified atom stereocenters. The number of aromatic carboxylic acids is 1. The molecule has 1 atom stereocenters. The number of Topliss-reactive ketones (excluding diaryl/α,β-unsaturated/α-hetero) is 1. The van der Waals surface area contributed by atoms with E-state index in [1.54, 1.807) is 19.2 Å². The summed E-state index contributed by atoms with van der Waals surface area (Å²) in [6.07, 6.45) is 7.95. The summed E-state index contributed by atoms with van der Waals surface area (Å²) in [5, 5.41) is 10.4. The predicted molar refractivity (Wildman–Crippen MR) is 134 cm³/mol. The minimum absolute atomic E-state index is 0.0531. The van der Waals surface area contributed by atoms with E-state index in [-0.39, 0.29) is 11.9 Å². The molecule has 0 amide bonds. The van der Waals surface area contributed by atoms with Crippen molar-refractivity contribution in [3.8, 4) is 0 Å². The summed E-state index contributed by atoms with van der Waals surface area (Å²) < 4.78 is 14.3. The second-order valence-corrected chi connectivity index (χ2v) is 10.5. The fourth-order valence-corrected chi connectivity index (χ4v) is 5.75. The average molecular weight is 479 g/mol. The van der Waals surface area contributed by atoms with E-state index in [9.17, 15) is 14.7 Å². The van der Waals surface area contributed by atoms with Gasteiger partial charge in [0.1, 0.15) is 11.4 Å². The number of allylic oxidation sites excluding steroid dienone is 1. The number of ketones is 1. The van der Waals surface area contributed by atoms with E-state index in [0.717, 1.165) is 66.7 Å². The fourth-order valence-electron chi connectivity index (χ4n) is 5.75. The van der Waals surface area contributed by atoms with Crippen LogP contribution in [0.25, 0.3) is 10.9 Å². The fraction of sp³-hybridized carbons (Fsp3) is 0.500. The van der Waals surface area contributed by atoms with Crippen LogP contribution in [-0.2, 0) is 14.3 Å². The molecule has 186 valence electrons. The predicted octanol–water partition coefficient (Wildman–Crippen LogP) is 4.73. The third-order valence-corrected chi connectivity index (χ3v) is 7.63. The maximum absolute atomic E-state index is 12.7. The van der Waals surface area contributed by atoms with Crippen LogP contribution >= 0.6 is 0 Å². The monoisotopic (exact) mass is 478 g/mol. The summed E-state index contributed by atoms with van der Waals surface area (Å²) in [6, 6.07) is 7.75. The number of carbonyl (C=O) groups excluding carboxylic acids is 1. The van der Waals surface area contributed by atoms with E-state index >= 15 is 0 Å². The molecular weight excluding hydrogens is 444 g/mol. The van der Waals surface area contributed by atoms with Gasteiger partial charge in [-0.3, -0.25) is 4.79 Å². The number of methoxy groups -OCH3 is 1. The first kappa shape index (κ1) is 23.8. The molecule has 7 heteroatoms. The Morgan fingerprint density at radius 2 is 2.00 bits per heavy atom. The molecule has 2 aliphatic heterocycles. The Morgan fingerprint density at radius 1 is 1.23 bits per heavy atom. The number of piperidine rings is 1. The molecule has 0 radical (unpaired) electrons. The number of carboxylic acids is 1. The number of hydrogen-bond donors (Lipinski definition) is 1. The summed E-state index contributed by atoms with van der Waals surface area (Å²) in [4.78, 5) is 26.6. The van der Waals surface area contributed by atoms with Crippen LogP contribution in [0.4, 0.5) is 0 Å². The van der Waals surface area contributed by atoms with E-state index in [0.29, 0.717) is 24.4 Å². The van der Waals surface area contributed by atoms with E-state index in [2.05, 4.69) is 21.7 Å². The number of nitrogens with zero attached hydrogens (tertiary/aromatic N) is 2. The lowest BCUT2D eigenvalue weighted by Gasteiger charge is -2.39. The molecule has 35 heavy (non-hydrogen) atoms. The molecule has 1 aromatic carbocycles. The van der Waals surface area contributed by atoms with Gasteiger partial charge in [0, 0.05) is 50.1 Å².